The van der Waals surface area contributed by atoms with Gasteiger partial charge in [-0.25, -0.2) is 4.39 Å². The fourth-order valence-electron chi connectivity index (χ4n) is 2.24. The van der Waals surface area contributed by atoms with Gasteiger partial charge in [0.25, 0.3) is 5.69 Å². The highest BCUT2D eigenvalue weighted by molar-refractivity contribution is 14.0. The SMILES string of the molecule is CN=C(NCc1ccc([N+](=O)[O-])cc1)N(C)Cc1ccc(F)cc1.I. The molecular formula is C17H20FIN4O2. The first-order valence-corrected chi connectivity index (χ1v) is 7.39. The first-order valence-electron chi connectivity index (χ1n) is 7.39. The van der Waals surface area contributed by atoms with Crippen molar-refractivity contribution in [2.75, 3.05) is 14.1 Å². The van der Waals surface area contributed by atoms with E-state index in [4.69, 9.17) is 0 Å². The van der Waals surface area contributed by atoms with Gasteiger partial charge < -0.3 is 10.2 Å². The van der Waals surface area contributed by atoms with Gasteiger partial charge in [0.15, 0.2) is 5.96 Å². The summed E-state index contributed by atoms with van der Waals surface area (Å²) in [4.78, 5) is 16.4. The number of aliphatic imine (C=N–C) groups is 1. The van der Waals surface area contributed by atoms with Crippen LogP contribution in [0.2, 0.25) is 0 Å². The minimum Gasteiger partial charge on any atom is -0.352 e. The Labute approximate surface area is 162 Å². The van der Waals surface area contributed by atoms with Crippen LogP contribution in [0.1, 0.15) is 11.1 Å². The van der Waals surface area contributed by atoms with Crippen LogP contribution in [0.25, 0.3) is 0 Å². The van der Waals surface area contributed by atoms with Crippen molar-refractivity contribution in [3.63, 3.8) is 0 Å². The maximum Gasteiger partial charge on any atom is 0.269 e. The molecule has 2 aromatic carbocycles. The van der Waals surface area contributed by atoms with Gasteiger partial charge in [0.05, 0.1) is 4.92 Å². The van der Waals surface area contributed by atoms with E-state index < -0.39 is 4.92 Å². The molecule has 8 heteroatoms. The number of rotatable bonds is 5. The van der Waals surface area contributed by atoms with E-state index in [0.717, 1.165) is 11.1 Å². The van der Waals surface area contributed by atoms with Gasteiger partial charge in [-0.1, -0.05) is 24.3 Å². The third kappa shape index (κ3) is 6.29. The maximum atomic E-state index is 12.9. The zero-order valence-electron chi connectivity index (χ0n) is 14.0. The molecule has 0 unspecified atom stereocenters. The van der Waals surface area contributed by atoms with E-state index in [1.54, 1.807) is 31.3 Å². The largest absolute Gasteiger partial charge is 0.352 e. The van der Waals surface area contributed by atoms with Gasteiger partial charge in [-0.15, -0.1) is 24.0 Å². The van der Waals surface area contributed by atoms with E-state index in [2.05, 4.69) is 10.3 Å². The highest BCUT2D eigenvalue weighted by Gasteiger charge is 2.08. The third-order valence-electron chi connectivity index (χ3n) is 3.50. The van der Waals surface area contributed by atoms with Crippen LogP contribution < -0.4 is 5.32 Å². The van der Waals surface area contributed by atoms with E-state index in [1.807, 2.05) is 11.9 Å². The number of halogens is 2. The summed E-state index contributed by atoms with van der Waals surface area (Å²) in [5.74, 6) is 0.416. The predicted molar refractivity (Wildman–Crippen MR) is 107 cm³/mol. The van der Waals surface area contributed by atoms with Crippen LogP contribution in [0.4, 0.5) is 10.1 Å². The topological polar surface area (TPSA) is 70.8 Å². The molecule has 25 heavy (non-hydrogen) atoms. The minimum atomic E-state index is -0.424. The van der Waals surface area contributed by atoms with Crippen LogP contribution >= 0.6 is 24.0 Å². The number of non-ortho nitro benzene ring substituents is 1. The lowest BCUT2D eigenvalue weighted by Gasteiger charge is -2.22. The molecule has 2 aromatic rings. The average molecular weight is 458 g/mol. The summed E-state index contributed by atoms with van der Waals surface area (Å²) in [6.45, 7) is 1.08. The molecule has 2 rings (SSSR count). The normalized spacial score (nSPS) is 10.8. The minimum absolute atomic E-state index is 0. The Morgan fingerprint density at radius 1 is 1.16 bits per heavy atom. The van der Waals surface area contributed by atoms with E-state index in [9.17, 15) is 14.5 Å². The van der Waals surface area contributed by atoms with Gasteiger partial charge in [0, 0.05) is 39.3 Å². The van der Waals surface area contributed by atoms with Gasteiger partial charge in [-0.05, 0) is 23.3 Å². The van der Waals surface area contributed by atoms with Gasteiger partial charge in [-0.2, -0.15) is 0 Å². The van der Waals surface area contributed by atoms with Gasteiger partial charge >= 0.3 is 0 Å². The number of benzene rings is 2. The van der Waals surface area contributed by atoms with Crippen molar-refractivity contribution in [2.24, 2.45) is 4.99 Å². The van der Waals surface area contributed by atoms with E-state index >= 15 is 0 Å². The second kappa shape index (κ2) is 9.92. The molecule has 0 aliphatic rings. The van der Waals surface area contributed by atoms with Crippen LogP contribution in [-0.4, -0.2) is 29.9 Å². The number of nitrogens with zero attached hydrogens (tertiary/aromatic N) is 3. The van der Waals surface area contributed by atoms with Crippen LogP contribution in [0.15, 0.2) is 53.5 Å². The lowest BCUT2D eigenvalue weighted by molar-refractivity contribution is -0.384. The Bertz CT molecular complexity index is 720. The summed E-state index contributed by atoms with van der Waals surface area (Å²) in [6, 6.07) is 12.7. The summed E-state index contributed by atoms with van der Waals surface area (Å²) in [6.07, 6.45) is 0. The van der Waals surface area contributed by atoms with Gasteiger partial charge in [0.2, 0.25) is 0 Å². The molecule has 6 nitrogen and oxygen atoms in total. The molecule has 0 bridgehead atoms. The fraction of sp³-hybridized carbons (Fsp3) is 0.235. The summed E-state index contributed by atoms with van der Waals surface area (Å²) in [5.41, 5.74) is 1.95. The predicted octanol–water partition coefficient (Wildman–Crippen LogP) is 3.56. The second-order valence-electron chi connectivity index (χ2n) is 5.31. The molecule has 0 aliphatic carbocycles. The number of hydrogen-bond acceptors (Lipinski definition) is 3. The lowest BCUT2D eigenvalue weighted by atomic mass is 10.2. The van der Waals surface area contributed by atoms with Crippen molar-refractivity contribution in [1.82, 2.24) is 10.2 Å². The Balaban J connectivity index is 0.00000312. The fourth-order valence-corrected chi connectivity index (χ4v) is 2.24. The Morgan fingerprint density at radius 3 is 2.24 bits per heavy atom. The van der Waals surface area contributed by atoms with Crippen LogP contribution in [-0.2, 0) is 13.1 Å². The molecule has 0 amide bonds. The van der Waals surface area contributed by atoms with E-state index in [-0.39, 0.29) is 35.5 Å². The molecule has 0 saturated carbocycles. The molecule has 0 fully saturated rings. The molecular weight excluding hydrogens is 438 g/mol. The highest BCUT2D eigenvalue weighted by atomic mass is 127. The third-order valence-corrected chi connectivity index (χ3v) is 3.50. The zero-order chi connectivity index (χ0) is 17.5. The highest BCUT2D eigenvalue weighted by Crippen LogP contribution is 2.12. The van der Waals surface area contributed by atoms with Crippen molar-refractivity contribution in [3.8, 4) is 0 Å². The van der Waals surface area contributed by atoms with Crippen LogP contribution in [0.3, 0.4) is 0 Å². The van der Waals surface area contributed by atoms with E-state index in [0.29, 0.717) is 19.0 Å². The summed E-state index contributed by atoms with van der Waals surface area (Å²) in [7, 11) is 3.56. The van der Waals surface area contributed by atoms with Crippen molar-refractivity contribution in [1.29, 1.82) is 0 Å². The first-order chi connectivity index (χ1) is 11.5. The molecule has 0 heterocycles. The number of nitro benzene ring substituents is 1. The van der Waals surface area contributed by atoms with Crippen molar-refractivity contribution < 1.29 is 9.31 Å². The van der Waals surface area contributed by atoms with E-state index in [1.165, 1.54) is 24.3 Å². The number of hydrogen-bond donors (Lipinski definition) is 1. The molecule has 0 atom stereocenters. The summed E-state index contributed by atoms with van der Waals surface area (Å²) in [5, 5.41) is 13.8. The lowest BCUT2D eigenvalue weighted by Crippen LogP contribution is -2.38. The molecule has 1 N–H and O–H groups in total. The molecule has 134 valence electrons. The van der Waals surface area contributed by atoms with Crippen LogP contribution in [0, 0.1) is 15.9 Å². The first kappa shape index (κ1) is 20.8. The number of nitro groups is 1. The summed E-state index contributed by atoms with van der Waals surface area (Å²) < 4.78 is 12.9. The molecule has 0 aliphatic heterocycles. The monoisotopic (exact) mass is 458 g/mol. The Kier molecular flexibility index (Phi) is 8.26. The van der Waals surface area contributed by atoms with Crippen molar-refractivity contribution >= 4 is 35.6 Å². The van der Waals surface area contributed by atoms with Crippen LogP contribution in [0.5, 0.6) is 0 Å². The maximum absolute atomic E-state index is 12.9. The molecule has 0 saturated heterocycles. The number of guanidine groups is 1. The standard InChI is InChI=1S/C17H19FN4O2.HI/c1-19-17(21(2)12-14-3-7-15(18)8-4-14)20-11-13-5-9-16(10-6-13)22(23)24;/h3-10H,11-12H2,1-2H3,(H,19,20);1H. The quantitative estimate of drug-likeness (QED) is 0.245. The number of nitrogens with one attached hydrogen (secondary N) is 1. The molecule has 0 spiro atoms. The molecule has 0 radical (unpaired) electrons. The average Bonchev–Trinajstić information content (AvgIpc) is 2.58. The van der Waals surface area contributed by atoms with Crippen molar-refractivity contribution in [2.45, 2.75) is 13.1 Å². The smallest absolute Gasteiger partial charge is 0.269 e. The Morgan fingerprint density at radius 2 is 1.72 bits per heavy atom. The van der Waals surface area contributed by atoms with Gasteiger partial charge in [0.1, 0.15) is 5.82 Å². The Hall–Kier alpha value is -2.23. The zero-order valence-corrected chi connectivity index (χ0v) is 16.3. The molecule has 0 aromatic heterocycles. The second-order valence-corrected chi connectivity index (χ2v) is 5.31. The van der Waals surface area contributed by atoms with Gasteiger partial charge in [-0.3, -0.25) is 15.1 Å². The van der Waals surface area contributed by atoms with Crippen molar-refractivity contribution in [3.05, 3.63) is 75.6 Å². The summed E-state index contributed by atoms with van der Waals surface area (Å²) >= 11 is 0.